The summed E-state index contributed by atoms with van der Waals surface area (Å²) >= 11 is 6.24. The molecule has 1 aliphatic rings. The third-order valence-electron chi connectivity index (χ3n) is 2.95. The zero-order valence-electron chi connectivity index (χ0n) is 9.71. The smallest absolute Gasteiger partial charge is 0.157 e. The van der Waals surface area contributed by atoms with Crippen LogP contribution in [0, 0.1) is 0 Å². The van der Waals surface area contributed by atoms with Gasteiger partial charge in [-0.1, -0.05) is 18.2 Å². The molecule has 0 saturated carbocycles. The Labute approximate surface area is 108 Å². The fourth-order valence-electron chi connectivity index (χ4n) is 2.20. The molecule has 2 nitrogen and oxygen atoms in total. The van der Waals surface area contributed by atoms with E-state index in [0.29, 0.717) is 21.6 Å². The third kappa shape index (κ3) is 1.63. The first-order valence-electron chi connectivity index (χ1n) is 5.56. The lowest BCUT2D eigenvalue weighted by molar-refractivity contribution is 0.571. The van der Waals surface area contributed by atoms with Gasteiger partial charge in [0, 0.05) is 5.39 Å². The summed E-state index contributed by atoms with van der Waals surface area (Å²) in [6.45, 7) is 1.73. The Morgan fingerprint density at radius 2 is 2.00 bits per heavy atom. The zero-order chi connectivity index (χ0) is 12.9. The molecule has 0 amide bonds. The summed E-state index contributed by atoms with van der Waals surface area (Å²) in [4.78, 5) is -0.861. The molecule has 3 rings (SSSR count). The number of allylic oxidation sites excluding steroid dienone is 2. The van der Waals surface area contributed by atoms with Crippen LogP contribution in [0.5, 0.6) is 0 Å². The van der Waals surface area contributed by atoms with Crippen molar-refractivity contribution < 1.29 is 8.81 Å². The van der Waals surface area contributed by atoms with Gasteiger partial charge < -0.3 is 10.2 Å². The van der Waals surface area contributed by atoms with Gasteiger partial charge in [0.15, 0.2) is 5.83 Å². The van der Waals surface area contributed by atoms with Gasteiger partial charge in [-0.3, -0.25) is 0 Å². The van der Waals surface area contributed by atoms with Crippen LogP contribution in [0.2, 0.25) is 0 Å². The van der Waals surface area contributed by atoms with Crippen LogP contribution in [0.3, 0.4) is 0 Å². The van der Waals surface area contributed by atoms with Crippen molar-refractivity contribution in [2.45, 2.75) is 11.8 Å². The Bertz CT molecular complexity index is 786. The maximum Gasteiger partial charge on any atom is 0.157 e. The van der Waals surface area contributed by atoms with Crippen LogP contribution >= 0.6 is 11.6 Å². The summed E-state index contributed by atoms with van der Waals surface area (Å²) < 4.78 is 20.0. The van der Waals surface area contributed by atoms with Crippen molar-refractivity contribution in [1.29, 1.82) is 0 Å². The average molecular weight is 264 g/mol. The van der Waals surface area contributed by atoms with Crippen LogP contribution in [-0.4, -0.2) is 4.87 Å². The van der Waals surface area contributed by atoms with Crippen LogP contribution < -0.4 is 16.4 Å². The van der Waals surface area contributed by atoms with Crippen molar-refractivity contribution >= 4 is 34.5 Å². The van der Waals surface area contributed by atoms with Crippen molar-refractivity contribution in [3.63, 3.8) is 0 Å². The zero-order valence-corrected chi connectivity index (χ0v) is 10.5. The van der Waals surface area contributed by atoms with Crippen molar-refractivity contribution in [2.24, 2.45) is 5.73 Å². The fraction of sp³-hybridized carbons (Fsp3) is 0.143. The molecule has 1 heterocycles. The molecule has 92 valence electrons. The molecule has 0 spiro atoms. The number of para-hydroxylation sites is 1. The number of rotatable bonds is 0. The van der Waals surface area contributed by atoms with E-state index in [-0.39, 0.29) is 5.70 Å². The Hall–Kier alpha value is -1.74. The molecule has 1 aromatic carbocycles. The highest BCUT2D eigenvalue weighted by Gasteiger charge is 2.22. The highest BCUT2D eigenvalue weighted by molar-refractivity contribution is 6.29. The molecular weight excluding hydrogens is 253 g/mol. The highest BCUT2D eigenvalue weighted by atomic mass is 35.5. The number of halogens is 2. The molecule has 2 aromatic rings. The SMILES string of the molecule is CC1(Cl)C=C(N)C(F)=c2c(oc3ccccc23)=C1. The lowest BCUT2D eigenvalue weighted by atomic mass is 10.1. The first-order chi connectivity index (χ1) is 8.48. The summed E-state index contributed by atoms with van der Waals surface area (Å²) in [6.07, 6.45) is 3.15. The minimum atomic E-state index is -0.861. The average Bonchev–Trinajstić information content (AvgIpc) is 2.59. The summed E-state index contributed by atoms with van der Waals surface area (Å²) in [5, 5.41) is 1.08. The van der Waals surface area contributed by atoms with Crippen LogP contribution in [0.25, 0.3) is 22.9 Å². The van der Waals surface area contributed by atoms with Gasteiger partial charge in [0.1, 0.15) is 11.0 Å². The normalized spacial score (nSPS) is 23.3. The summed E-state index contributed by atoms with van der Waals surface area (Å²) in [7, 11) is 0. The van der Waals surface area contributed by atoms with Gasteiger partial charge in [0.25, 0.3) is 0 Å². The second kappa shape index (κ2) is 3.62. The van der Waals surface area contributed by atoms with E-state index in [1.165, 1.54) is 6.08 Å². The maximum atomic E-state index is 14.3. The van der Waals surface area contributed by atoms with Gasteiger partial charge in [-0.2, -0.15) is 0 Å². The number of hydrogen-bond donors (Lipinski definition) is 1. The van der Waals surface area contributed by atoms with Gasteiger partial charge in [-0.15, -0.1) is 11.6 Å². The van der Waals surface area contributed by atoms with E-state index < -0.39 is 10.7 Å². The monoisotopic (exact) mass is 263 g/mol. The van der Waals surface area contributed by atoms with E-state index in [1.807, 2.05) is 12.1 Å². The Balaban J connectivity index is 2.59. The van der Waals surface area contributed by atoms with E-state index in [9.17, 15) is 4.39 Å². The minimum absolute atomic E-state index is 0.0362. The van der Waals surface area contributed by atoms with E-state index in [1.54, 1.807) is 25.1 Å². The summed E-state index contributed by atoms with van der Waals surface area (Å²) in [5.41, 5.74) is 6.80. The molecule has 2 N–H and O–H groups in total. The van der Waals surface area contributed by atoms with Gasteiger partial charge in [-0.05, 0) is 25.1 Å². The molecule has 0 saturated heterocycles. The van der Waals surface area contributed by atoms with E-state index in [0.717, 1.165) is 0 Å². The molecule has 0 fully saturated rings. The second-order valence-corrected chi connectivity index (χ2v) is 5.36. The standard InChI is InChI=1S/C14H11ClFNO/c1-14(15)6-9(17)13(16)12-8-4-2-3-5-10(8)18-11(12)7-14/h2-7H,17H2,1H3. The van der Waals surface area contributed by atoms with Gasteiger partial charge in [-0.25, -0.2) is 4.39 Å². The maximum absolute atomic E-state index is 14.3. The Morgan fingerprint density at radius 1 is 1.28 bits per heavy atom. The topological polar surface area (TPSA) is 39.2 Å². The van der Waals surface area contributed by atoms with Gasteiger partial charge in [0.2, 0.25) is 0 Å². The van der Waals surface area contributed by atoms with Crippen molar-refractivity contribution in [3.05, 3.63) is 46.7 Å². The molecule has 0 bridgehead atoms. The number of nitrogens with two attached hydrogens (primary N) is 1. The fourth-order valence-corrected chi connectivity index (χ4v) is 2.42. The number of fused-ring (bicyclic) bond motifs is 3. The first kappa shape index (κ1) is 11.4. The van der Waals surface area contributed by atoms with E-state index in [4.69, 9.17) is 21.8 Å². The van der Waals surface area contributed by atoms with Gasteiger partial charge >= 0.3 is 0 Å². The molecule has 4 heteroatoms. The van der Waals surface area contributed by atoms with Crippen LogP contribution in [0.4, 0.5) is 4.39 Å². The summed E-state index contributed by atoms with van der Waals surface area (Å²) in [5.74, 6) is -0.490. The van der Waals surface area contributed by atoms with E-state index >= 15 is 0 Å². The first-order valence-corrected chi connectivity index (χ1v) is 5.93. The van der Waals surface area contributed by atoms with Crippen LogP contribution in [-0.2, 0) is 0 Å². The van der Waals surface area contributed by atoms with Crippen LogP contribution in [0.1, 0.15) is 6.92 Å². The van der Waals surface area contributed by atoms with Crippen molar-refractivity contribution in [1.82, 2.24) is 0 Å². The van der Waals surface area contributed by atoms with Gasteiger partial charge in [0.05, 0.1) is 15.8 Å². The van der Waals surface area contributed by atoms with Crippen LogP contribution in [0.15, 0.2) is 40.5 Å². The lowest BCUT2D eigenvalue weighted by Gasteiger charge is -2.10. The Morgan fingerprint density at radius 3 is 2.78 bits per heavy atom. The number of benzene rings is 1. The molecule has 0 radical (unpaired) electrons. The predicted molar refractivity (Wildman–Crippen MR) is 71.0 cm³/mol. The molecular formula is C14H11ClFNO. The molecule has 1 unspecified atom stereocenters. The number of alkyl halides is 1. The highest BCUT2D eigenvalue weighted by Crippen LogP contribution is 2.24. The third-order valence-corrected chi connectivity index (χ3v) is 3.16. The summed E-state index contributed by atoms with van der Waals surface area (Å²) in [6, 6.07) is 7.25. The second-order valence-electron chi connectivity index (χ2n) is 4.55. The van der Waals surface area contributed by atoms with E-state index in [2.05, 4.69) is 0 Å². The number of furan rings is 1. The molecule has 1 aliphatic carbocycles. The Kier molecular flexibility index (Phi) is 2.29. The lowest BCUT2D eigenvalue weighted by Crippen LogP contribution is -2.24. The molecule has 18 heavy (non-hydrogen) atoms. The predicted octanol–water partition coefficient (Wildman–Crippen LogP) is 2.14. The molecule has 1 atom stereocenters. The quantitative estimate of drug-likeness (QED) is 0.740. The molecule has 0 aliphatic heterocycles. The van der Waals surface area contributed by atoms with Crippen molar-refractivity contribution in [2.75, 3.05) is 0 Å². The largest absolute Gasteiger partial charge is 0.456 e. The minimum Gasteiger partial charge on any atom is -0.456 e. The van der Waals surface area contributed by atoms with Crippen molar-refractivity contribution in [3.8, 4) is 0 Å². The molecule has 1 aromatic heterocycles. The number of hydrogen-bond acceptors (Lipinski definition) is 2.